The van der Waals surface area contributed by atoms with E-state index in [0.717, 1.165) is 62.4 Å². The number of likely N-dealkylation sites (tertiary alicyclic amines) is 1. The lowest BCUT2D eigenvalue weighted by atomic mass is 9.69. The Labute approximate surface area is 163 Å². The lowest BCUT2D eigenvalue weighted by Crippen LogP contribution is -2.44. The number of carbonyl (C=O) groups excluding carboxylic acids is 1. The zero-order valence-electron chi connectivity index (χ0n) is 16.2. The fourth-order valence-corrected chi connectivity index (χ4v) is 4.65. The molecule has 0 aliphatic carbocycles. The standard InChI is InChI=1S/C22H32ClNO2/c1-17(2)20-15-22(10-13-26-20,14-18-8-4-5-9-19(18)23)16-21(25)24-11-6-3-7-12-24/h4-5,8-9,17,20H,3,6-7,10-16H2,1-2H3/t20-,22-/m0/s1. The van der Waals surface area contributed by atoms with Gasteiger partial charge in [-0.2, -0.15) is 0 Å². The second-order valence-electron chi connectivity index (χ2n) is 8.49. The van der Waals surface area contributed by atoms with E-state index < -0.39 is 0 Å². The minimum atomic E-state index is -0.0489. The summed E-state index contributed by atoms with van der Waals surface area (Å²) in [5.74, 6) is 0.784. The Kier molecular flexibility index (Phi) is 6.63. The van der Waals surface area contributed by atoms with Crippen LogP contribution in [0.1, 0.15) is 57.9 Å². The molecule has 4 heteroatoms. The molecule has 0 N–H and O–H groups in total. The van der Waals surface area contributed by atoms with Gasteiger partial charge in [-0.15, -0.1) is 0 Å². The molecular formula is C22H32ClNO2. The predicted octanol–water partition coefficient (Wildman–Crippen LogP) is 5.11. The highest BCUT2D eigenvalue weighted by Gasteiger charge is 2.41. The molecule has 2 atom stereocenters. The van der Waals surface area contributed by atoms with Gasteiger partial charge in [0.1, 0.15) is 0 Å². The van der Waals surface area contributed by atoms with Gasteiger partial charge in [0, 0.05) is 31.1 Å². The molecule has 0 aromatic heterocycles. The fourth-order valence-electron chi connectivity index (χ4n) is 4.45. The molecule has 1 amide bonds. The Morgan fingerprint density at radius 3 is 2.69 bits per heavy atom. The Morgan fingerprint density at radius 2 is 2.00 bits per heavy atom. The highest BCUT2D eigenvalue weighted by molar-refractivity contribution is 6.31. The maximum Gasteiger partial charge on any atom is 0.223 e. The van der Waals surface area contributed by atoms with Crippen LogP contribution in [0.5, 0.6) is 0 Å². The monoisotopic (exact) mass is 377 g/mol. The van der Waals surface area contributed by atoms with Crippen LogP contribution < -0.4 is 0 Å². The second-order valence-corrected chi connectivity index (χ2v) is 8.90. The number of halogens is 1. The molecule has 0 radical (unpaired) electrons. The van der Waals surface area contributed by atoms with Crippen molar-refractivity contribution in [2.24, 2.45) is 11.3 Å². The van der Waals surface area contributed by atoms with Crippen molar-refractivity contribution in [3.63, 3.8) is 0 Å². The van der Waals surface area contributed by atoms with Crippen LogP contribution in [0.25, 0.3) is 0 Å². The van der Waals surface area contributed by atoms with Crippen molar-refractivity contribution in [1.82, 2.24) is 4.90 Å². The highest BCUT2D eigenvalue weighted by atomic mass is 35.5. The molecule has 2 saturated heterocycles. The number of rotatable bonds is 5. The van der Waals surface area contributed by atoms with E-state index in [9.17, 15) is 4.79 Å². The molecule has 0 spiro atoms. The van der Waals surface area contributed by atoms with Crippen LogP contribution in [0, 0.1) is 11.3 Å². The predicted molar refractivity (Wildman–Crippen MR) is 106 cm³/mol. The number of piperidine rings is 1. The van der Waals surface area contributed by atoms with Gasteiger partial charge < -0.3 is 9.64 Å². The number of nitrogens with zero attached hydrogens (tertiary/aromatic N) is 1. The number of amides is 1. The summed E-state index contributed by atoms with van der Waals surface area (Å²) < 4.78 is 6.03. The molecule has 2 heterocycles. The van der Waals surface area contributed by atoms with Crippen LogP contribution in [-0.4, -0.2) is 36.6 Å². The first kappa shape index (κ1) is 19.7. The molecule has 0 saturated carbocycles. The van der Waals surface area contributed by atoms with Gasteiger partial charge in [0.2, 0.25) is 5.91 Å². The molecule has 0 bridgehead atoms. The molecular weight excluding hydrogens is 346 g/mol. The lowest BCUT2D eigenvalue weighted by molar-refractivity contribution is -0.139. The van der Waals surface area contributed by atoms with E-state index in [0.29, 0.717) is 18.2 Å². The Hall–Kier alpha value is -1.06. The minimum absolute atomic E-state index is 0.0489. The largest absolute Gasteiger partial charge is 0.378 e. The molecule has 2 fully saturated rings. The van der Waals surface area contributed by atoms with Gasteiger partial charge in [0.05, 0.1) is 6.10 Å². The van der Waals surface area contributed by atoms with Crippen LogP contribution in [0.2, 0.25) is 5.02 Å². The highest BCUT2D eigenvalue weighted by Crippen LogP contribution is 2.43. The van der Waals surface area contributed by atoms with Crippen LogP contribution in [-0.2, 0) is 16.0 Å². The molecule has 26 heavy (non-hydrogen) atoms. The number of ether oxygens (including phenoxy) is 1. The van der Waals surface area contributed by atoms with Gasteiger partial charge in [0.15, 0.2) is 0 Å². The van der Waals surface area contributed by atoms with Gasteiger partial charge in [-0.3, -0.25) is 4.79 Å². The fraction of sp³-hybridized carbons (Fsp3) is 0.682. The molecule has 2 aliphatic rings. The van der Waals surface area contributed by atoms with Gasteiger partial charge in [-0.25, -0.2) is 0 Å². The summed E-state index contributed by atoms with van der Waals surface area (Å²) in [6.07, 6.45) is 7.10. The Balaban J connectivity index is 1.81. The van der Waals surface area contributed by atoms with E-state index in [2.05, 4.69) is 24.8 Å². The first-order valence-electron chi connectivity index (χ1n) is 10.1. The number of carbonyl (C=O) groups is 1. The van der Waals surface area contributed by atoms with Gasteiger partial charge in [-0.05, 0) is 61.5 Å². The van der Waals surface area contributed by atoms with Crippen molar-refractivity contribution < 1.29 is 9.53 Å². The maximum atomic E-state index is 13.1. The summed E-state index contributed by atoms with van der Waals surface area (Å²) in [5.41, 5.74) is 1.11. The smallest absolute Gasteiger partial charge is 0.223 e. The summed E-state index contributed by atoms with van der Waals surface area (Å²) in [7, 11) is 0. The first-order valence-corrected chi connectivity index (χ1v) is 10.5. The first-order chi connectivity index (χ1) is 12.5. The zero-order valence-corrected chi connectivity index (χ0v) is 16.9. The topological polar surface area (TPSA) is 29.5 Å². The van der Waals surface area contributed by atoms with Crippen molar-refractivity contribution in [3.05, 3.63) is 34.9 Å². The molecule has 144 valence electrons. The Bertz CT molecular complexity index is 612. The van der Waals surface area contributed by atoms with Crippen LogP contribution in [0.15, 0.2) is 24.3 Å². The molecule has 1 aromatic carbocycles. The quantitative estimate of drug-likeness (QED) is 0.713. The molecule has 3 rings (SSSR count). The van der Waals surface area contributed by atoms with Crippen molar-refractivity contribution in [3.8, 4) is 0 Å². The SMILES string of the molecule is CC(C)[C@@H]1C[C@@](CC(=O)N2CCCCC2)(Cc2ccccc2Cl)CCO1. The lowest BCUT2D eigenvalue weighted by Gasteiger charge is -2.43. The van der Waals surface area contributed by atoms with Crippen LogP contribution in [0.3, 0.4) is 0 Å². The maximum absolute atomic E-state index is 13.1. The van der Waals surface area contributed by atoms with Crippen molar-refractivity contribution >= 4 is 17.5 Å². The van der Waals surface area contributed by atoms with Crippen LogP contribution >= 0.6 is 11.6 Å². The normalized spacial score (nSPS) is 26.9. The van der Waals surface area contributed by atoms with Gasteiger partial charge >= 0.3 is 0 Å². The number of hydrogen-bond donors (Lipinski definition) is 0. The minimum Gasteiger partial charge on any atom is -0.378 e. The van der Waals surface area contributed by atoms with Crippen molar-refractivity contribution in [1.29, 1.82) is 0 Å². The van der Waals surface area contributed by atoms with Gasteiger partial charge in [-0.1, -0.05) is 43.6 Å². The van der Waals surface area contributed by atoms with E-state index in [1.54, 1.807) is 0 Å². The molecule has 0 unspecified atom stereocenters. The summed E-state index contributed by atoms with van der Waals surface area (Å²) in [6.45, 7) is 7.00. The third-order valence-electron chi connectivity index (χ3n) is 6.10. The summed E-state index contributed by atoms with van der Waals surface area (Å²) >= 11 is 6.46. The van der Waals surface area contributed by atoms with E-state index in [4.69, 9.17) is 16.3 Å². The van der Waals surface area contributed by atoms with E-state index >= 15 is 0 Å². The summed E-state index contributed by atoms with van der Waals surface area (Å²) in [5, 5.41) is 0.810. The summed E-state index contributed by atoms with van der Waals surface area (Å²) in [4.78, 5) is 15.2. The average molecular weight is 378 g/mol. The second kappa shape index (κ2) is 8.75. The zero-order chi connectivity index (χ0) is 18.6. The van der Waals surface area contributed by atoms with Crippen LogP contribution in [0.4, 0.5) is 0 Å². The van der Waals surface area contributed by atoms with E-state index in [1.807, 2.05) is 18.2 Å². The van der Waals surface area contributed by atoms with E-state index in [1.165, 1.54) is 6.42 Å². The number of benzene rings is 1. The van der Waals surface area contributed by atoms with Gasteiger partial charge in [0.25, 0.3) is 0 Å². The van der Waals surface area contributed by atoms with Crippen molar-refractivity contribution in [2.45, 2.75) is 64.9 Å². The molecule has 1 aromatic rings. The average Bonchev–Trinajstić information content (AvgIpc) is 2.64. The third-order valence-corrected chi connectivity index (χ3v) is 6.47. The third kappa shape index (κ3) is 4.80. The summed E-state index contributed by atoms with van der Waals surface area (Å²) in [6, 6.07) is 8.07. The van der Waals surface area contributed by atoms with Crippen molar-refractivity contribution in [2.75, 3.05) is 19.7 Å². The Morgan fingerprint density at radius 1 is 1.27 bits per heavy atom. The van der Waals surface area contributed by atoms with E-state index in [-0.39, 0.29) is 11.5 Å². The molecule has 3 nitrogen and oxygen atoms in total. The molecule has 2 aliphatic heterocycles. The number of hydrogen-bond acceptors (Lipinski definition) is 2.